The zero-order valence-electron chi connectivity index (χ0n) is 14.0. The molecule has 2 aromatic carbocycles. The molecule has 0 saturated carbocycles. The average Bonchev–Trinajstić information content (AvgIpc) is 3.12. The molecule has 2 aromatic heterocycles. The summed E-state index contributed by atoms with van der Waals surface area (Å²) in [5, 5.41) is 15.9. The minimum Gasteiger partial charge on any atom is -0.505 e. The molecule has 3 N–H and O–H groups in total. The lowest BCUT2D eigenvalue weighted by Gasteiger charge is -2.22. The van der Waals surface area contributed by atoms with Crippen LogP contribution in [0, 0.1) is 0 Å². The third kappa shape index (κ3) is 2.66. The van der Waals surface area contributed by atoms with Crippen molar-refractivity contribution in [1.82, 2.24) is 15.3 Å². The zero-order chi connectivity index (χ0) is 18.3. The number of aromatic hydroxyl groups is 1. The van der Waals surface area contributed by atoms with Gasteiger partial charge in [-0.2, -0.15) is 0 Å². The molecule has 0 aliphatic rings. The first-order valence-electron chi connectivity index (χ1n) is 8.15. The Morgan fingerprint density at radius 2 is 2.08 bits per heavy atom. The summed E-state index contributed by atoms with van der Waals surface area (Å²) in [4.78, 5) is 19.3. The van der Waals surface area contributed by atoms with Gasteiger partial charge in [-0.1, -0.05) is 29.8 Å². The van der Waals surface area contributed by atoms with Gasteiger partial charge in [0.25, 0.3) is 0 Å². The van der Waals surface area contributed by atoms with Crippen LogP contribution in [-0.2, 0) is 4.79 Å². The molecular weight excluding hydrogens is 350 g/mol. The highest BCUT2D eigenvalue weighted by molar-refractivity contribution is 6.35. The number of pyridine rings is 1. The van der Waals surface area contributed by atoms with Crippen molar-refractivity contribution in [3.63, 3.8) is 0 Å². The Hall–Kier alpha value is -3.05. The molecule has 130 valence electrons. The van der Waals surface area contributed by atoms with Gasteiger partial charge in [0.05, 0.1) is 16.6 Å². The first-order valence-corrected chi connectivity index (χ1v) is 8.53. The Labute approximate surface area is 154 Å². The van der Waals surface area contributed by atoms with E-state index < -0.39 is 6.04 Å². The van der Waals surface area contributed by atoms with Crippen LogP contribution in [0.15, 0.2) is 54.9 Å². The number of H-pyrrole nitrogens is 1. The zero-order valence-corrected chi connectivity index (χ0v) is 14.7. The largest absolute Gasteiger partial charge is 0.505 e. The third-order valence-corrected chi connectivity index (χ3v) is 4.75. The maximum absolute atomic E-state index is 11.9. The highest BCUT2D eigenvalue weighted by Gasteiger charge is 2.24. The summed E-state index contributed by atoms with van der Waals surface area (Å²) < 4.78 is 0. The Morgan fingerprint density at radius 1 is 1.23 bits per heavy atom. The Morgan fingerprint density at radius 3 is 2.88 bits per heavy atom. The van der Waals surface area contributed by atoms with Crippen molar-refractivity contribution in [3.8, 4) is 5.75 Å². The predicted molar refractivity (Wildman–Crippen MR) is 102 cm³/mol. The van der Waals surface area contributed by atoms with Crippen molar-refractivity contribution >= 4 is 39.3 Å². The van der Waals surface area contributed by atoms with Crippen molar-refractivity contribution in [1.29, 1.82) is 0 Å². The summed E-state index contributed by atoms with van der Waals surface area (Å²) in [5.41, 5.74) is 2.63. The molecule has 2 heterocycles. The molecule has 0 fully saturated rings. The lowest BCUT2D eigenvalue weighted by Crippen LogP contribution is -2.27. The minimum absolute atomic E-state index is 0.00677. The number of phenols is 1. The molecule has 0 radical (unpaired) electrons. The van der Waals surface area contributed by atoms with Crippen LogP contribution >= 0.6 is 11.6 Å². The number of nitrogens with one attached hydrogen (secondary N) is 2. The first kappa shape index (κ1) is 16.4. The van der Waals surface area contributed by atoms with E-state index in [4.69, 9.17) is 11.6 Å². The van der Waals surface area contributed by atoms with Crippen molar-refractivity contribution in [2.24, 2.45) is 0 Å². The number of phenolic OH excluding ortho intramolecular Hbond substituents is 1. The highest BCUT2D eigenvalue weighted by atomic mass is 35.5. The van der Waals surface area contributed by atoms with Crippen LogP contribution in [-0.4, -0.2) is 21.0 Å². The number of rotatable bonds is 3. The van der Waals surface area contributed by atoms with Gasteiger partial charge < -0.3 is 15.4 Å². The van der Waals surface area contributed by atoms with E-state index in [1.807, 2.05) is 30.5 Å². The third-order valence-electron chi connectivity index (χ3n) is 4.43. The lowest BCUT2D eigenvalue weighted by molar-refractivity contribution is -0.119. The van der Waals surface area contributed by atoms with E-state index in [9.17, 15) is 9.90 Å². The molecule has 5 nitrogen and oxygen atoms in total. The van der Waals surface area contributed by atoms with Gasteiger partial charge in [-0.15, -0.1) is 0 Å². The molecule has 0 saturated heterocycles. The maximum Gasteiger partial charge on any atom is 0.217 e. The monoisotopic (exact) mass is 365 g/mol. The first-order chi connectivity index (χ1) is 12.6. The second-order valence-electron chi connectivity index (χ2n) is 6.12. The number of halogens is 1. The summed E-state index contributed by atoms with van der Waals surface area (Å²) in [5.74, 6) is -0.206. The number of aromatic nitrogens is 2. The molecule has 1 unspecified atom stereocenters. The van der Waals surface area contributed by atoms with E-state index in [1.165, 1.54) is 6.92 Å². The topological polar surface area (TPSA) is 78.0 Å². The normalized spacial score (nSPS) is 12.4. The van der Waals surface area contributed by atoms with Crippen LogP contribution < -0.4 is 5.32 Å². The quantitative estimate of drug-likeness (QED) is 0.506. The summed E-state index contributed by atoms with van der Waals surface area (Å²) in [6.45, 7) is 1.44. The van der Waals surface area contributed by atoms with Gasteiger partial charge in [0, 0.05) is 35.8 Å². The fourth-order valence-electron chi connectivity index (χ4n) is 3.30. The molecule has 0 aliphatic heterocycles. The second-order valence-corrected chi connectivity index (χ2v) is 6.53. The smallest absolute Gasteiger partial charge is 0.217 e. The molecule has 4 aromatic rings. The predicted octanol–water partition coefficient (Wildman–Crippen LogP) is 4.30. The minimum atomic E-state index is -0.571. The molecular formula is C20H16ClN3O2. The molecule has 1 atom stereocenters. The molecule has 0 aliphatic carbocycles. The number of aromatic amines is 1. The van der Waals surface area contributed by atoms with Crippen molar-refractivity contribution in [2.45, 2.75) is 13.0 Å². The van der Waals surface area contributed by atoms with E-state index in [-0.39, 0.29) is 11.7 Å². The second kappa shape index (κ2) is 6.35. The lowest BCUT2D eigenvalue weighted by atomic mass is 9.94. The van der Waals surface area contributed by atoms with Crippen LogP contribution in [0.3, 0.4) is 0 Å². The number of para-hydroxylation sites is 1. The molecule has 0 spiro atoms. The van der Waals surface area contributed by atoms with Crippen LogP contribution in [0.1, 0.15) is 24.1 Å². The number of carbonyl (C=O) groups excluding carboxylic acids is 1. The number of hydrogen-bond donors (Lipinski definition) is 3. The van der Waals surface area contributed by atoms with Crippen molar-refractivity contribution in [3.05, 3.63) is 71.0 Å². The van der Waals surface area contributed by atoms with Gasteiger partial charge in [0.15, 0.2) is 0 Å². The maximum atomic E-state index is 11.9. The van der Waals surface area contributed by atoms with E-state index in [1.54, 1.807) is 24.4 Å². The van der Waals surface area contributed by atoms with Crippen LogP contribution in [0.2, 0.25) is 5.02 Å². The fourth-order valence-corrected chi connectivity index (χ4v) is 3.57. The van der Waals surface area contributed by atoms with Gasteiger partial charge >= 0.3 is 0 Å². The van der Waals surface area contributed by atoms with Crippen LogP contribution in [0.25, 0.3) is 21.8 Å². The summed E-state index contributed by atoms with van der Waals surface area (Å²) in [6.07, 6.45) is 3.44. The van der Waals surface area contributed by atoms with E-state index in [0.29, 0.717) is 21.5 Å². The number of hydrogen-bond acceptors (Lipinski definition) is 3. The van der Waals surface area contributed by atoms with E-state index in [0.717, 1.165) is 16.5 Å². The van der Waals surface area contributed by atoms with Gasteiger partial charge in [-0.25, -0.2) is 0 Å². The number of amides is 1. The SMILES string of the molecule is CC(=O)NC(c1cc(Cl)c2cccnc2c1O)c1cccc2cc[nH]c12. The van der Waals surface area contributed by atoms with Crippen LogP contribution in [0.4, 0.5) is 0 Å². The number of fused-ring (bicyclic) bond motifs is 2. The molecule has 6 heteroatoms. The van der Waals surface area contributed by atoms with Gasteiger partial charge in [0.1, 0.15) is 11.3 Å². The Bertz CT molecular complexity index is 1140. The standard InChI is InChI=1S/C20H16ClN3O2/c1-11(25)24-18(14-5-2-4-12-7-9-23-17(12)14)15-10-16(21)13-6-3-8-22-19(13)20(15)26/h2-10,18,23,26H,1H3,(H,24,25). The van der Waals surface area contributed by atoms with Gasteiger partial charge in [0.2, 0.25) is 5.91 Å². The summed E-state index contributed by atoms with van der Waals surface area (Å²) in [6, 6.07) is 12.4. The number of carbonyl (C=O) groups is 1. The summed E-state index contributed by atoms with van der Waals surface area (Å²) in [7, 11) is 0. The van der Waals surface area contributed by atoms with Crippen molar-refractivity contribution in [2.75, 3.05) is 0 Å². The van der Waals surface area contributed by atoms with Gasteiger partial charge in [-0.05, 0) is 29.7 Å². The highest BCUT2D eigenvalue weighted by Crippen LogP contribution is 2.39. The summed E-state index contributed by atoms with van der Waals surface area (Å²) >= 11 is 6.43. The molecule has 4 rings (SSSR count). The fraction of sp³-hybridized carbons (Fsp3) is 0.100. The van der Waals surface area contributed by atoms with E-state index >= 15 is 0 Å². The molecule has 26 heavy (non-hydrogen) atoms. The van der Waals surface area contributed by atoms with E-state index in [2.05, 4.69) is 15.3 Å². The number of benzene rings is 2. The Balaban J connectivity index is 1.99. The van der Waals surface area contributed by atoms with Crippen LogP contribution in [0.5, 0.6) is 5.75 Å². The average molecular weight is 366 g/mol. The Kier molecular flexibility index (Phi) is 4.01. The molecule has 1 amide bonds. The number of nitrogens with zero attached hydrogens (tertiary/aromatic N) is 1. The van der Waals surface area contributed by atoms with Gasteiger partial charge in [-0.3, -0.25) is 9.78 Å². The van der Waals surface area contributed by atoms with Crippen molar-refractivity contribution < 1.29 is 9.90 Å². The molecule has 0 bridgehead atoms.